The number of rotatable bonds is 4. The summed E-state index contributed by atoms with van der Waals surface area (Å²) in [6, 6.07) is 27.3. The quantitative estimate of drug-likeness (QED) is 0.154. The van der Waals surface area contributed by atoms with E-state index in [1.165, 1.54) is 188 Å². The Bertz CT molecular complexity index is 4540. The summed E-state index contributed by atoms with van der Waals surface area (Å²) in [5, 5.41) is 5.51. The summed E-state index contributed by atoms with van der Waals surface area (Å²) in [7, 11) is 0. The molecular formula is C56H24Br2I6S12. The fourth-order valence-electron chi connectivity index (χ4n) is 9.60. The highest BCUT2D eigenvalue weighted by molar-refractivity contribution is 14.1. The van der Waals surface area contributed by atoms with Gasteiger partial charge in [0.15, 0.2) is 0 Å². The smallest absolute Gasteiger partial charge is 0.0651 e. The van der Waals surface area contributed by atoms with Gasteiger partial charge in [-0.3, -0.25) is 0 Å². The molecule has 12 aromatic heterocycles. The third-order valence-electron chi connectivity index (χ3n) is 13.3. The Morgan fingerprint density at radius 2 is 0.474 bits per heavy atom. The van der Waals surface area contributed by atoms with Gasteiger partial charge in [-0.05, 0) is 242 Å². The first-order valence-corrected chi connectivity index (χ1v) is 40.7. The van der Waals surface area contributed by atoms with Gasteiger partial charge in [0.05, 0.1) is 112 Å². The van der Waals surface area contributed by atoms with Crippen LogP contribution in [0, 0.1) is 49.1 Å². The van der Waals surface area contributed by atoms with Crippen LogP contribution in [0.1, 0.15) is 22.3 Å². The standard InChI is InChI=1S/C28H12Br2I2S6.C28H12I4S6/c1-9-3-5-11-13(7-9)33-23(17(11)31)19-15(29)21-25(35-19)27-28(37-21)26-22(38-27)16(30)20(36-26)24-18(32)12-6-4-10(2)8-14(12)34-24;1-9-3-5-11-13(7-9)33-19(15(11)29)21-17(31)23-25(35-21)27-28(37-23)26-24(38-27)18(32)22(36-26)20-16(30)12-6-4-10(2)8-14(12)34-20/h2*3-8H,1-2H3. The van der Waals surface area contributed by atoms with Crippen LogP contribution in [0.3, 0.4) is 0 Å². The normalized spacial score (nSPS) is 12.5. The molecule has 76 heavy (non-hydrogen) atoms. The SMILES string of the molecule is Cc1ccc2c(I)c(-c3sc4c(sc5c6sc(-c7sc8cc(C)ccc8c7I)c(Br)c6sc45)c3Br)sc2c1.Cc1ccc2c(I)c(-c3sc4c(sc5c6sc(-c7sc8cc(C)ccc8c7I)c(I)c6sc45)c3I)sc2c1. The van der Waals surface area contributed by atoms with Gasteiger partial charge in [-0.15, -0.1) is 136 Å². The number of hydrogen-bond acceptors (Lipinski definition) is 12. The van der Waals surface area contributed by atoms with Crippen LogP contribution >= 0.6 is 303 Å². The van der Waals surface area contributed by atoms with Gasteiger partial charge in [0.25, 0.3) is 0 Å². The molecule has 0 saturated carbocycles. The number of halogens is 8. The van der Waals surface area contributed by atoms with E-state index in [0.717, 1.165) is 0 Å². The molecule has 0 amide bonds. The van der Waals surface area contributed by atoms with Gasteiger partial charge in [0.1, 0.15) is 0 Å². The van der Waals surface area contributed by atoms with E-state index in [0.29, 0.717) is 0 Å². The summed E-state index contributed by atoms with van der Waals surface area (Å²) in [5.41, 5.74) is 5.30. The molecule has 0 aliphatic rings. The monoisotopic (exact) mass is 2000 g/mol. The minimum atomic E-state index is 1.26. The van der Waals surface area contributed by atoms with Crippen molar-refractivity contribution in [2.24, 2.45) is 0 Å². The number of thiophene rings is 12. The van der Waals surface area contributed by atoms with Crippen LogP contribution in [0.25, 0.3) is 136 Å². The molecule has 0 nitrogen and oxygen atoms in total. The maximum Gasteiger partial charge on any atom is 0.0651 e. The van der Waals surface area contributed by atoms with Gasteiger partial charge in [-0.1, -0.05) is 48.5 Å². The largest absolute Gasteiger partial charge is 0.133 e. The molecule has 0 atom stereocenters. The van der Waals surface area contributed by atoms with Gasteiger partial charge < -0.3 is 0 Å². The predicted octanol–water partition coefficient (Wildman–Crippen LogP) is 28.7. The number of hydrogen-bond donors (Lipinski definition) is 0. The summed E-state index contributed by atoms with van der Waals surface area (Å²) in [5.74, 6) is 0. The molecule has 0 bridgehead atoms. The molecule has 376 valence electrons. The van der Waals surface area contributed by atoms with E-state index in [9.17, 15) is 0 Å². The van der Waals surface area contributed by atoms with Crippen molar-refractivity contribution in [3.05, 3.63) is 125 Å². The van der Waals surface area contributed by atoms with Crippen LogP contribution in [-0.2, 0) is 0 Å². The van der Waals surface area contributed by atoms with Crippen molar-refractivity contribution in [3.8, 4) is 39.0 Å². The zero-order valence-electron chi connectivity index (χ0n) is 38.9. The Morgan fingerprint density at radius 1 is 0.250 bits per heavy atom. The van der Waals surface area contributed by atoms with E-state index in [1.807, 2.05) is 136 Å². The maximum absolute atomic E-state index is 4.04. The fraction of sp³-hybridized carbons (Fsp3) is 0.0714. The predicted molar refractivity (Wildman–Crippen MR) is 415 cm³/mol. The maximum atomic E-state index is 4.04. The first kappa shape index (κ1) is 53.9. The molecule has 0 spiro atoms. The zero-order valence-corrected chi connectivity index (χ0v) is 64.8. The summed E-state index contributed by atoms with van der Waals surface area (Å²) >= 11 is 47.0. The number of aryl methyl sites for hydroxylation is 4. The highest BCUT2D eigenvalue weighted by Crippen LogP contribution is 2.61. The molecule has 0 fully saturated rings. The van der Waals surface area contributed by atoms with Crippen molar-refractivity contribution in [2.75, 3.05) is 0 Å². The highest BCUT2D eigenvalue weighted by Gasteiger charge is 2.29. The summed E-state index contributed by atoms with van der Waals surface area (Å²) < 4.78 is 33.7. The van der Waals surface area contributed by atoms with Crippen LogP contribution in [-0.4, -0.2) is 0 Å². The van der Waals surface area contributed by atoms with Gasteiger partial charge in [-0.2, -0.15) is 0 Å². The van der Waals surface area contributed by atoms with E-state index in [1.54, 1.807) is 0 Å². The van der Waals surface area contributed by atoms with E-state index >= 15 is 0 Å². The first-order chi connectivity index (χ1) is 36.6. The Morgan fingerprint density at radius 3 is 0.776 bits per heavy atom. The second-order valence-electron chi connectivity index (χ2n) is 18.3. The minimum absolute atomic E-state index is 1.26. The van der Waals surface area contributed by atoms with Crippen molar-refractivity contribution in [1.29, 1.82) is 0 Å². The van der Waals surface area contributed by atoms with Crippen LogP contribution in [0.2, 0.25) is 0 Å². The second-order valence-corrected chi connectivity index (χ2v) is 38.7. The Labute approximate surface area is 581 Å². The highest BCUT2D eigenvalue weighted by atomic mass is 127. The number of fused-ring (bicyclic) bond motifs is 14. The third kappa shape index (κ3) is 8.47. The van der Waals surface area contributed by atoms with E-state index in [4.69, 9.17) is 0 Å². The Hall–Kier alpha value is 1.22. The van der Waals surface area contributed by atoms with Crippen molar-refractivity contribution in [3.63, 3.8) is 0 Å². The van der Waals surface area contributed by atoms with Crippen molar-refractivity contribution < 1.29 is 0 Å². The lowest BCUT2D eigenvalue weighted by atomic mass is 10.2. The lowest BCUT2D eigenvalue weighted by Crippen LogP contribution is -1.74. The van der Waals surface area contributed by atoms with Crippen LogP contribution in [0.5, 0.6) is 0 Å². The third-order valence-corrected chi connectivity index (χ3v) is 41.7. The van der Waals surface area contributed by atoms with E-state index in [2.05, 4.69) is 268 Å². The molecule has 0 aliphatic carbocycles. The molecule has 16 rings (SSSR count). The molecule has 0 radical (unpaired) electrons. The molecule has 0 aliphatic heterocycles. The Balaban J connectivity index is 0.000000133. The lowest BCUT2D eigenvalue weighted by Gasteiger charge is -1.96. The van der Waals surface area contributed by atoms with Gasteiger partial charge in [0.2, 0.25) is 0 Å². The molecule has 0 saturated heterocycles. The van der Waals surface area contributed by atoms with Crippen LogP contribution in [0.15, 0.2) is 81.7 Å². The second kappa shape index (κ2) is 20.4. The molecule has 0 N–H and O–H groups in total. The van der Waals surface area contributed by atoms with Crippen molar-refractivity contribution >= 4 is 400 Å². The van der Waals surface area contributed by atoms with Gasteiger partial charge in [-0.25, -0.2) is 0 Å². The fourth-order valence-corrected chi connectivity index (χ4v) is 37.4. The van der Waals surface area contributed by atoms with Gasteiger partial charge in [0, 0.05) is 54.6 Å². The molecule has 16 aromatic rings. The van der Waals surface area contributed by atoms with Crippen LogP contribution < -0.4 is 0 Å². The van der Waals surface area contributed by atoms with Crippen molar-refractivity contribution in [2.45, 2.75) is 27.7 Å². The van der Waals surface area contributed by atoms with Crippen LogP contribution in [0.4, 0.5) is 0 Å². The summed E-state index contributed by atoms with van der Waals surface area (Å²) in [6.07, 6.45) is 0. The van der Waals surface area contributed by atoms with E-state index < -0.39 is 0 Å². The molecule has 0 unspecified atom stereocenters. The zero-order chi connectivity index (χ0) is 52.1. The summed E-state index contributed by atoms with van der Waals surface area (Å²) in [6.45, 7) is 8.72. The summed E-state index contributed by atoms with van der Waals surface area (Å²) in [4.78, 5) is 11.3. The number of benzene rings is 4. The molecular weight excluding hydrogens is 1980 g/mol. The minimum Gasteiger partial charge on any atom is -0.133 e. The van der Waals surface area contributed by atoms with Crippen molar-refractivity contribution in [1.82, 2.24) is 0 Å². The van der Waals surface area contributed by atoms with E-state index in [-0.39, 0.29) is 0 Å². The molecule has 4 aromatic carbocycles. The topological polar surface area (TPSA) is 0 Å². The van der Waals surface area contributed by atoms with Gasteiger partial charge >= 0.3 is 0 Å². The first-order valence-electron chi connectivity index (χ1n) is 22.9. The Kier molecular flexibility index (Phi) is 14.5. The lowest BCUT2D eigenvalue weighted by molar-refractivity contribution is 1.52. The molecule has 12 heterocycles. The molecule has 20 heteroatoms. The average molecular weight is 2000 g/mol. The average Bonchev–Trinajstić information content (AvgIpc) is 4.31.